The maximum absolute atomic E-state index is 10.1. The first-order valence-electron chi connectivity index (χ1n) is 7.01. The van der Waals surface area contributed by atoms with Crippen molar-refractivity contribution in [3.8, 4) is 23.0 Å². The predicted octanol–water partition coefficient (Wildman–Crippen LogP) is 1.55. The van der Waals surface area contributed by atoms with Crippen LogP contribution in [-0.2, 0) is 0 Å². The Morgan fingerprint density at radius 3 is 2.59 bits per heavy atom. The number of hydrogen-bond donors (Lipinski definition) is 4. The first kappa shape index (κ1) is 13.2. The minimum atomic E-state index is -0.744. The Kier molecular flexibility index (Phi) is 2.88. The number of nitrogens with one attached hydrogen (secondary N) is 1. The lowest BCUT2D eigenvalue weighted by Gasteiger charge is -2.31. The molecule has 6 nitrogen and oxygen atoms in total. The first-order chi connectivity index (χ1) is 10.6. The van der Waals surface area contributed by atoms with Crippen LogP contribution in [0.1, 0.15) is 28.8 Å². The fourth-order valence-corrected chi connectivity index (χ4v) is 3.05. The lowest BCUT2D eigenvalue weighted by Crippen LogP contribution is -2.33. The van der Waals surface area contributed by atoms with Gasteiger partial charge in [0.2, 0.25) is 6.79 Å². The summed E-state index contributed by atoms with van der Waals surface area (Å²) < 4.78 is 10.9. The molecule has 1 unspecified atom stereocenters. The van der Waals surface area contributed by atoms with Gasteiger partial charge >= 0.3 is 0 Å². The number of aliphatic hydroxyl groups is 1. The third-order valence-corrected chi connectivity index (χ3v) is 4.10. The highest BCUT2D eigenvalue weighted by atomic mass is 16.7. The van der Waals surface area contributed by atoms with Gasteiger partial charge in [0, 0.05) is 12.1 Å². The van der Waals surface area contributed by atoms with Crippen molar-refractivity contribution in [1.29, 1.82) is 0 Å². The lowest BCUT2D eigenvalue weighted by atomic mass is 9.87. The van der Waals surface area contributed by atoms with E-state index in [4.69, 9.17) is 9.47 Å². The largest absolute Gasteiger partial charge is 0.504 e. The van der Waals surface area contributed by atoms with Crippen molar-refractivity contribution in [3.05, 3.63) is 47.0 Å². The normalized spacial score (nSPS) is 22.4. The second-order valence-electron chi connectivity index (χ2n) is 5.41. The summed E-state index contributed by atoms with van der Waals surface area (Å²) in [5.41, 5.74) is 2.17. The Morgan fingerprint density at radius 2 is 1.77 bits per heavy atom. The number of phenols is 2. The van der Waals surface area contributed by atoms with Crippen molar-refractivity contribution in [1.82, 2.24) is 5.32 Å². The zero-order valence-electron chi connectivity index (χ0n) is 11.6. The van der Waals surface area contributed by atoms with Crippen molar-refractivity contribution in [2.45, 2.75) is 12.1 Å². The second-order valence-corrected chi connectivity index (χ2v) is 5.41. The smallest absolute Gasteiger partial charge is 0.231 e. The van der Waals surface area contributed by atoms with Gasteiger partial charge in [0.05, 0.1) is 12.1 Å². The molecular weight excluding hydrogens is 286 g/mol. The molecule has 22 heavy (non-hydrogen) atoms. The second kappa shape index (κ2) is 4.79. The zero-order valence-corrected chi connectivity index (χ0v) is 11.6. The van der Waals surface area contributed by atoms with E-state index in [1.807, 2.05) is 18.2 Å². The molecule has 2 aromatic carbocycles. The van der Waals surface area contributed by atoms with Gasteiger partial charge in [0.1, 0.15) is 0 Å². The van der Waals surface area contributed by atoms with Gasteiger partial charge in [-0.25, -0.2) is 0 Å². The Labute approximate surface area is 126 Å². The van der Waals surface area contributed by atoms with Gasteiger partial charge in [-0.3, -0.25) is 0 Å². The molecule has 0 aromatic heterocycles. The minimum absolute atomic E-state index is 0.176. The van der Waals surface area contributed by atoms with Crippen LogP contribution in [0.25, 0.3) is 0 Å². The summed E-state index contributed by atoms with van der Waals surface area (Å²) in [5, 5.41) is 32.8. The van der Waals surface area contributed by atoms with Crippen molar-refractivity contribution < 1.29 is 24.8 Å². The number of phenolic OH excluding ortho intramolecular Hbond substituents is 2. The van der Waals surface area contributed by atoms with E-state index < -0.39 is 6.10 Å². The van der Waals surface area contributed by atoms with Crippen molar-refractivity contribution in [2.24, 2.45) is 0 Å². The van der Waals surface area contributed by atoms with Gasteiger partial charge in [-0.15, -0.1) is 0 Å². The molecule has 2 atom stereocenters. The predicted molar refractivity (Wildman–Crippen MR) is 77.1 cm³/mol. The topological polar surface area (TPSA) is 91.2 Å². The number of ether oxygens (including phenoxy) is 2. The zero-order chi connectivity index (χ0) is 15.3. The molecule has 2 aliphatic heterocycles. The van der Waals surface area contributed by atoms with Gasteiger partial charge in [-0.2, -0.15) is 0 Å². The van der Waals surface area contributed by atoms with E-state index in [1.54, 1.807) is 0 Å². The van der Waals surface area contributed by atoms with Gasteiger partial charge in [-0.05, 0) is 29.3 Å². The number of aromatic hydroxyl groups is 2. The highest BCUT2D eigenvalue weighted by Crippen LogP contribution is 2.45. The Balaban J connectivity index is 1.87. The molecule has 0 bridgehead atoms. The average molecular weight is 301 g/mol. The molecule has 0 spiro atoms. The highest BCUT2D eigenvalue weighted by molar-refractivity contribution is 5.56. The number of fused-ring (bicyclic) bond motifs is 2. The third kappa shape index (κ3) is 1.88. The van der Waals surface area contributed by atoms with Crippen LogP contribution in [-0.4, -0.2) is 28.7 Å². The SMILES string of the molecule is Oc1cc2c(cc1O)[C@@H](O)CNC2c1cccc2c1OCO2. The molecule has 0 radical (unpaired) electrons. The fourth-order valence-electron chi connectivity index (χ4n) is 3.05. The number of aliphatic hydroxyl groups excluding tert-OH is 1. The molecule has 0 aliphatic carbocycles. The highest BCUT2D eigenvalue weighted by Gasteiger charge is 2.32. The lowest BCUT2D eigenvalue weighted by molar-refractivity contribution is 0.158. The summed E-state index contributed by atoms with van der Waals surface area (Å²) in [7, 11) is 0. The van der Waals surface area contributed by atoms with Crippen LogP contribution in [0.4, 0.5) is 0 Å². The molecular formula is C16H15NO5. The number of benzene rings is 2. The molecule has 6 heteroatoms. The Bertz CT molecular complexity index is 746. The molecule has 0 saturated carbocycles. The van der Waals surface area contributed by atoms with Crippen LogP contribution in [0, 0.1) is 0 Å². The van der Waals surface area contributed by atoms with E-state index in [-0.39, 0.29) is 24.3 Å². The first-order valence-corrected chi connectivity index (χ1v) is 7.01. The maximum atomic E-state index is 10.1. The van der Waals surface area contributed by atoms with Crippen LogP contribution in [0.15, 0.2) is 30.3 Å². The summed E-state index contributed by atoms with van der Waals surface area (Å²) in [5.74, 6) is 0.880. The molecule has 2 aromatic rings. The summed E-state index contributed by atoms with van der Waals surface area (Å²) in [6.07, 6.45) is -0.744. The van der Waals surface area contributed by atoms with Crippen LogP contribution in [0.3, 0.4) is 0 Å². The van der Waals surface area contributed by atoms with E-state index in [0.717, 1.165) is 5.56 Å². The molecule has 2 heterocycles. The Morgan fingerprint density at radius 1 is 1.00 bits per heavy atom. The van der Waals surface area contributed by atoms with Crippen molar-refractivity contribution in [3.63, 3.8) is 0 Å². The molecule has 0 saturated heterocycles. The van der Waals surface area contributed by atoms with Gasteiger partial charge in [0.15, 0.2) is 23.0 Å². The van der Waals surface area contributed by atoms with Crippen LogP contribution < -0.4 is 14.8 Å². The number of β-amino-alcohol motifs (C(OH)–C–C–N with tert-alkyl or cyclic N) is 1. The van der Waals surface area contributed by atoms with Gasteiger partial charge in [-0.1, -0.05) is 12.1 Å². The summed E-state index contributed by atoms with van der Waals surface area (Å²) in [6.45, 7) is 0.516. The van der Waals surface area contributed by atoms with E-state index in [9.17, 15) is 15.3 Å². The Hall–Kier alpha value is -2.44. The molecule has 2 aliphatic rings. The van der Waals surface area contributed by atoms with E-state index in [2.05, 4.69) is 5.32 Å². The maximum Gasteiger partial charge on any atom is 0.231 e. The quantitative estimate of drug-likeness (QED) is 0.598. The number of para-hydroxylation sites is 1. The molecule has 4 N–H and O–H groups in total. The fraction of sp³-hybridized carbons (Fsp3) is 0.250. The summed E-state index contributed by atoms with van der Waals surface area (Å²) >= 11 is 0. The monoisotopic (exact) mass is 301 g/mol. The summed E-state index contributed by atoms with van der Waals surface area (Å²) in [4.78, 5) is 0. The minimum Gasteiger partial charge on any atom is -0.504 e. The van der Waals surface area contributed by atoms with E-state index in [1.165, 1.54) is 12.1 Å². The molecule has 0 amide bonds. The van der Waals surface area contributed by atoms with Crippen LogP contribution in [0.5, 0.6) is 23.0 Å². The van der Waals surface area contributed by atoms with Crippen molar-refractivity contribution >= 4 is 0 Å². The van der Waals surface area contributed by atoms with Gasteiger partial charge < -0.3 is 30.1 Å². The number of rotatable bonds is 1. The van der Waals surface area contributed by atoms with E-state index in [0.29, 0.717) is 29.2 Å². The average Bonchev–Trinajstić information content (AvgIpc) is 2.98. The van der Waals surface area contributed by atoms with Crippen LogP contribution >= 0.6 is 0 Å². The van der Waals surface area contributed by atoms with Crippen molar-refractivity contribution in [2.75, 3.05) is 13.3 Å². The third-order valence-electron chi connectivity index (χ3n) is 4.10. The molecule has 4 rings (SSSR count). The van der Waals surface area contributed by atoms with E-state index >= 15 is 0 Å². The van der Waals surface area contributed by atoms with Gasteiger partial charge in [0.25, 0.3) is 0 Å². The summed E-state index contributed by atoms with van der Waals surface area (Å²) in [6, 6.07) is 8.23. The number of hydrogen-bond acceptors (Lipinski definition) is 6. The standard InChI is InChI=1S/C16H15NO5/c18-11-4-9-10(5-12(11)19)15(17-6-13(9)20)8-2-1-3-14-16(8)22-7-21-14/h1-5,13,15,17-20H,6-7H2/t13-,15?/m0/s1. The van der Waals surface area contributed by atoms with Crippen LogP contribution in [0.2, 0.25) is 0 Å². The molecule has 0 fully saturated rings. The molecule has 114 valence electrons.